The van der Waals surface area contributed by atoms with Crippen LogP contribution in [0.4, 0.5) is 17.1 Å². The number of anilines is 3. The molecule has 0 saturated heterocycles. The summed E-state index contributed by atoms with van der Waals surface area (Å²) in [6.07, 6.45) is 1.09. The predicted molar refractivity (Wildman–Crippen MR) is 167 cm³/mol. The Morgan fingerprint density at radius 2 is 1.41 bits per heavy atom. The average molecular weight is 542 g/mol. The molecule has 4 aromatic rings. The second-order valence-corrected chi connectivity index (χ2v) is 10.7. The number of hydrogen-bond acceptors (Lipinski definition) is 4. The van der Waals surface area contributed by atoms with E-state index in [-0.39, 0.29) is 17.6 Å². The maximum atomic E-state index is 14.3. The lowest BCUT2D eigenvalue weighted by Crippen LogP contribution is -2.38. The van der Waals surface area contributed by atoms with Crippen molar-refractivity contribution in [1.29, 1.82) is 0 Å². The van der Waals surface area contributed by atoms with E-state index in [0.29, 0.717) is 24.0 Å². The Balaban J connectivity index is 1.47. The van der Waals surface area contributed by atoms with Crippen LogP contribution in [-0.4, -0.2) is 24.8 Å². The van der Waals surface area contributed by atoms with Crippen LogP contribution >= 0.6 is 0 Å². The van der Waals surface area contributed by atoms with Gasteiger partial charge in [0, 0.05) is 42.0 Å². The molecule has 1 N–H and O–H groups in total. The van der Waals surface area contributed by atoms with E-state index in [1.54, 1.807) is 0 Å². The molecule has 0 unspecified atom stereocenters. The van der Waals surface area contributed by atoms with Crippen molar-refractivity contribution >= 4 is 28.8 Å². The highest BCUT2D eigenvalue weighted by Crippen LogP contribution is 2.47. The molecule has 2 atom stereocenters. The van der Waals surface area contributed by atoms with Gasteiger partial charge in [-0.05, 0) is 73.7 Å². The Kier molecular flexibility index (Phi) is 7.43. The number of nitrogens with one attached hydrogen (secondary N) is 1. The van der Waals surface area contributed by atoms with Crippen LogP contribution in [0.1, 0.15) is 60.1 Å². The summed E-state index contributed by atoms with van der Waals surface area (Å²) in [5.74, 6) is -0.00655. The van der Waals surface area contributed by atoms with Crippen molar-refractivity contribution in [3.8, 4) is 0 Å². The zero-order valence-corrected chi connectivity index (χ0v) is 23.6. The molecule has 0 spiro atoms. The van der Waals surface area contributed by atoms with Crippen molar-refractivity contribution in [2.45, 2.75) is 38.6 Å². The Labute approximate surface area is 242 Å². The van der Waals surface area contributed by atoms with Gasteiger partial charge in [-0.1, -0.05) is 72.8 Å². The molecule has 206 valence electrons. The van der Waals surface area contributed by atoms with Crippen LogP contribution in [0.5, 0.6) is 0 Å². The first kappa shape index (κ1) is 26.6. The largest absolute Gasteiger partial charge is 0.372 e. The Morgan fingerprint density at radius 1 is 0.780 bits per heavy atom. The molecule has 41 heavy (non-hydrogen) atoms. The fraction of sp³-hybridized carbons (Fsp3) is 0.222. The molecule has 0 aromatic heterocycles. The van der Waals surface area contributed by atoms with Crippen LogP contribution in [0.2, 0.25) is 0 Å². The molecular weight excluding hydrogens is 506 g/mol. The van der Waals surface area contributed by atoms with Crippen molar-refractivity contribution in [2.75, 3.05) is 28.2 Å². The van der Waals surface area contributed by atoms with Gasteiger partial charge in [-0.25, -0.2) is 0 Å². The first-order valence-electron chi connectivity index (χ1n) is 14.5. The minimum Gasteiger partial charge on any atom is -0.372 e. The van der Waals surface area contributed by atoms with Crippen molar-refractivity contribution in [3.05, 3.63) is 137 Å². The third-order valence-electron chi connectivity index (χ3n) is 8.34. The van der Waals surface area contributed by atoms with Crippen LogP contribution < -0.4 is 15.1 Å². The van der Waals surface area contributed by atoms with E-state index in [1.165, 1.54) is 5.69 Å². The standard InChI is InChI=1S/C36H35N3O2/c1-3-38(4-2)29-21-19-25(20-22-29)28-23-31-34(33(40)24-28)35(26-13-7-5-8-14-26)39(32-18-12-11-17-30(32)37-31)36(41)27-15-9-6-10-16-27/h5-22,28,35,37H,3-4,23-24H2,1-2H3/t28-,35-/m0/s1. The van der Waals surface area contributed by atoms with E-state index in [9.17, 15) is 9.59 Å². The Bertz CT molecular complexity index is 1570. The fourth-order valence-electron chi connectivity index (χ4n) is 6.27. The van der Waals surface area contributed by atoms with Gasteiger partial charge in [0.1, 0.15) is 0 Å². The highest BCUT2D eigenvalue weighted by atomic mass is 16.2. The van der Waals surface area contributed by atoms with Crippen molar-refractivity contribution in [3.63, 3.8) is 0 Å². The molecule has 0 fully saturated rings. The topological polar surface area (TPSA) is 52.7 Å². The normalized spacial score (nSPS) is 18.2. The lowest BCUT2D eigenvalue weighted by molar-refractivity contribution is -0.116. The molecule has 4 aromatic carbocycles. The number of Topliss-reactive ketones (excluding diaryl/α,β-unsaturated/α-hetero) is 1. The summed E-state index contributed by atoms with van der Waals surface area (Å²) in [6, 6.07) is 35.2. The number of hydrogen-bond donors (Lipinski definition) is 1. The van der Waals surface area contributed by atoms with Crippen LogP contribution in [0.15, 0.2) is 120 Å². The molecule has 5 heteroatoms. The maximum absolute atomic E-state index is 14.3. The number of allylic oxidation sites excluding steroid dienone is 1. The molecule has 0 saturated carbocycles. The van der Waals surface area contributed by atoms with E-state index < -0.39 is 6.04 Å². The predicted octanol–water partition coefficient (Wildman–Crippen LogP) is 7.75. The number of para-hydroxylation sites is 2. The van der Waals surface area contributed by atoms with E-state index >= 15 is 0 Å². The van der Waals surface area contributed by atoms with Gasteiger partial charge < -0.3 is 10.2 Å². The third-order valence-corrected chi connectivity index (χ3v) is 8.34. The van der Waals surface area contributed by atoms with Gasteiger partial charge in [0.25, 0.3) is 5.91 Å². The molecular formula is C36H35N3O2. The SMILES string of the molecule is CCN(CC)c1ccc([C@@H]2CC(=O)C3=C(C2)Nc2ccccc2N(C(=O)c2ccccc2)[C@H]3c2ccccc2)cc1. The maximum Gasteiger partial charge on any atom is 0.259 e. The summed E-state index contributed by atoms with van der Waals surface area (Å²) < 4.78 is 0. The number of fused-ring (bicyclic) bond motifs is 1. The van der Waals surface area contributed by atoms with Crippen LogP contribution in [0.25, 0.3) is 0 Å². The van der Waals surface area contributed by atoms with Crippen LogP contribution in [-0.2, 0) is 4.79 Å². The fourth-order valence-corrected chi connectivity index (χ4v) is 6.27. The monoisotopic (exact) mass is 541 g/mol. The van der Waals surface area contributed by atoms with E-state index in [4.69, 9.17) is 0 Å². The van der Waals surface area contributed by atoms with Crippen molar-refractivity contribution in [1.82, 2.24) is 0 Å². The quantitative estimate of drug-likeness (QED) is 0.271. The molecule has 1 amide bonds. The van der Waals surface area contributed by atoms with Crippen molar-refractivity contribution < 1.29 is 9.59 Å². The molecule has 0 radical (unpaired) electrons. The highest BCUT2D eigenvalue weighted by molar-refractivity contribution is 6.12. The molecule has 6 rings (SSSR count). The van der Waals surface area contributed by atoms with Gasteiger partial charge in [-0.15, -0.1) is 0 Å². The zero-order valence-electron chi connectivity index (χ0n) is 23.6. The van der Waals surface area contributed by atoms with Crippen molar-refractivity contribution in [2.24, 2.45) is 0 Å². The summed E-state index contributed by atoms with van der Waals surface area (Å²) in [5, 5.41) is 3.63. The van der Waals surface area contributed by atoms with Gasteiger partial charge >= 0.3 is 0 Å². The molecule has 1 aliphatic heterocycles. The summed E-state index contributed by atoms with van der Waals surface area (Å²) >= 11 is 0. The summed E-state index contributed by atoms with van der Waals surface area (Å²) in [4.78, 5) is 32.6. The van der Waals surface area contributed by atoms with Gasteiger partial charge in [0.2, 0.25) is 0 Å². The Morgan fingerprint density at radius 3 is 2.10 bits per heavy atom. The number of nitrogens with zero attached hydrogens (tertiary/aromatic N) is 2. The second kappa shape index (κ2) is 11.5. The van der Waals surface area contributed by atoms with Crippen LogP contribution in [0.3, 0.4) is 0 Å². The first-order valence-corrected chi connectivity index (χ1v) is 14.5. The molecule has 0 bridgehead atoms. The highest BCUT2D eigenvalue weighted by Gasteiger charge is 2.41. The molecule has 5 nitrogen and oxygen atoms in total. The lowest BCUT2D eigenvalue weighted by Gasteiger charge is -2.35. The third kappa shape index (κ3) is 5.04. The van der Waals surface area contributed by atoms with Crippen LogP contribution in [0, 0.1) is 0 Å². The number of amides is 1. The number of rotatable bonds is 6. The van der Waals surface area contributed by atoms with E-state index in [0.717, 1.165) is 41.3 Å². The number of ketones is 1. The lowest BCUT2D eigenvalue weighted by atomic mass is 9.78. The van der Waals surface area contributed by atoms with E-state index in [1.807, 2.05) is 89.8 Å². The Hall–Kier alpha value is -4.64. The number of carbonyl (C=O) groups excluding carboxylic acids is 2. The second-order valence-electron chi connectivity index (χ2n) is 10.7. The molecule has 1 heterocycles. The summed E-state index contributed by atoms with van der Waals surface area (Å²) in [7, 11) is 0. The number of carbonyl (C=O) groups is 2. The van der Waals surface area contributed by atoms with E-state index in [2.05, 4.69) is 48.3 Å². The molecule has 1 aliphatic carbocycles. The number of benzene rings is 4. The minimum atomic E-state index is -0.548. The minimum absolute atomic E-state index is 0.0551. The first-order chi connectivity index (χ1) is 20.1. The summed E-state index contributed by atoms with van der Waals surface area (Å²) in [5.41, 5.74) is 7.01. The van der Waals surface area contributed by atoms with Gasteiger partial charge in [-0.2, -0.15) is 0 Å². The zero-order chi connectivity index (χ0) is 28.3. The molecule has 2 aliphatic rings. The average Bonchev–Trinajstić information content (AvgIpc) is 3.17. The van der Waals surface area contributed by atoms with Gasteiger partial charge in [-0.3, -0.25) is 14.5 Å². The van der Waals surface area contributed by atoms with Gasteiger partial charge in [0.15, 0.2) is 5.78 Å². The smallest absolute Gasteiger partial charge is 0.259 e. The van der Waals surface area contributed by atoms with Gasteiger partial charge in [0.05, 0.1) is 17.4 Å². The summed E-state index contributed by atoms with van der Waals surface area (Å²) in [6.45, 7) is 6.23.